The molecule has 0 atom stereocenters. The van der Waals surface area contributed by atoms with E-state index in [9.17, 15) is 4.79 Å². The lowest BCUT2D eigenvalue weighted by Gasteiger charge is -2.37. The lowest BCUT2D eigenvalue weighted by molar-refractivity contribution is -0.132. The topological polar surface area (TPSA) is 77.2 Å². The van der Waals surface area contributed by atoms with Crippen LogP contribution in [0.3, 0.4) is 0 Å². The van der Waals surface area contributed by atoms with Gasteiger partial charge in [-0.1, -0.05) is 18.0 Å². The highest BCUT2D eigenvalue weighted by atomic mass is 16.5. The highest BCUT2D eigenvalue weighted by Gasteiger charge is 2.23. The number of aliphatic imine (C=N–C) groups is 1. The van der Waals surface area contributed by atoms with Crippen LogP contribution in [0.1, 0.15) is 49.6 Å². The summed E-state index contributed by atoms with van der Waals surface area (Å²) in [7, 11) is 0. The maximum Gasteiger partial charge on any atom is 0.236 e. The first-order valence-electron chi connectivity index (χ1n) is 11.5. The Morgan fingerprint density at radius 3 is 2.33 bits per heavy atom. The lowest BCUT2D eigenvalue weighted by atomic mass is 10.1. The number of amides is 1. The van der Waals surface area contributed by atoms with Gasteiger partial charge in [0.15, 0.2) is 5.96 Å². The highest BCUT2D eigenvalue weighted by molar-refractivity contribution is 5.80. The Labute approximate surface area is 180 Å². The fourth-order valence-electron chi connectivity index (χ4n) is 4.29. The van der Waals surface area contributed by atoms with E-state index in [1.807, 2.05) is 13.8 Å². The largest absolute Gasteiger partial charge is 0.361 e. The second-order valence-corrected chi connectivity index (χ2v) is 8.35. The van der Waals surface area contributed by atoms with E-state index < -0.39 is 0 Å². The summed E-state index contributed by atoms with van der Waals surface area (Å²) in [5, 5.41) is 7.44. The Hall–Kier alpha value is -2.09. The smallest absolute Gasteiger partial charge is 0.236 e. The molecule has 2 aliphatic heterocycles. The molecule has 1 aromatic rings. The number of piperazine rings is 1. The van der Waals surface area contributed by atoms with Gasteiger partial charge in [-0.2, -0.15) is 0 Å². The first-order valence-corrected chi connectivity index (χ1v) is 11.5. The predicted molar refractivity (Wildman–Crippen MR) is 119 cm³/mol. The molecule has 1 N–H and O–H groups in total. The number of aryl methyl sites for hydroxylation is 2. The average Bonchev–Trinajstić information content (AvgIpc) is 2.94. The van der Waals surface area contributed by atoms with Crippen LogP contribution in [0.4, 0.5) is 0 Å². The normalized spacial score (nSPS) is 19.1. The molecule has 0 unspecified atom stereocenters. The molecule has 8 heteroatoms. The molecular weight excluding hydrogens is 380 g/mol. The highest BCUT2D eigenvalue weighted by Crippen LogP contribution is 2.13. The molecule has 0 spiro atoms. The zero-order chi connectivity index (χ0) is 21.3. The van der Waals surface area contributed by atoms with Gasteiger partial charge in [0, 0.05) is 57.9 Å². The van der Waals surface area contributed by atoms with Crippen molar-refractivity contribution in [3.63, 3.8) is 0 Å². The fourth-order valence-corrected chi connectivity index (χ4v) is 4.29. The Bertz CT molecular complexity index is 681. The van der Waals surface area contributed by atoms with Crippen LogP contribution in [0.15, 0.2) is 9.52 Å². The van der Waals surface area contributed by atoms with Gasteiger partial charge in [-0.05, 0) is 40.0 Å². The van der Waals surface area contributed by atoms with E-state index in [0.29, 0.717) is 19.0 Å². The molecule has 3 rings (SSSR count). The summed E-state index contributed by atoms with van der Waals surface area (Å²) in [5.74, 6) is 2.14. The van der Waals surface area contributed by atoms with E-state index in [-0.39, 0.29) is 0 Å². The molecule has 1 amide bonds. The Morgan fingerprint density at radius 1 is 1.03 bits per heavy atom. The van der Waals surface area contributed by atoms with Gasteiger partial charge in [0.25, 0.3) is 0 Å². The number of guanidine groups is 1. The van der Waals surface area contributed by atoms with Crippen molar-refractivity contribution in [2.45, 2.75) is 52.9 Å². The van der Waals surface area contributed by atoms with Gasteiger partial charge in [-0.15, -0.1) is 0 Å². The zero-order valence-electron chi connectivity index (χ0n) is 19.0. The maximum absolute atomic E-state index is 12.7. The minimum absolute atomic E-state index is 0.297. The molecule has 2 saturated heterocycles. The second kappa shape index (κ2) is 11.3. The van der Waals surface area contributed by atoms with Crippen molar-refractivity contribution in [1.29, 1.82) is 0 Å². The van der Waals surface area contributed by atoms with E-state index in [1.54, 1.807) is 0 Å². The van der Waals surface area contributed by atoms with Crippen molar-refractivity contribution in [3.8, 4) is 0 Å². The van der Waals surface area contributed by atoms with Crippen molar-refractivity contribution >= 4 is 11.9 Å². The summed E-state index contributed by atoms with van der Waals surface area (Å²) in [6.45, 7) is 13.6. The molecule has 2 fully saturated rings. The molecule has 30 heavy (non-hydrogen) atoms. The number of hydrogen-bond donors (Lipinski definition) is 1. The summed E-state index contributed by atoms with van der Waals surface area (Å²) in [5.41, 5.74) is 2.11. The first kappa shape index (κ1) is 22.6. The summed E-state index contributed by atoms with van der Waals surface area (Å²) in [4.78, 5) is 24.2. The van der Waals surface area contributed by atoms with Crippen LogP contribution in [0.25, 0.3) is 0 Å². The van der Waals surface area contributed by atoms with Crippen molar-refractivity contribution in [2.24, 2.45) is 4.99 Å². The number of likely N-dealkylation sites (tertiary alicyclic amines) is 1. The number of hydrogen-bond acceptors (Lipinski definition) is 5. The third-order valence-electron chi connectivity index (χ3n) is 6.13. The molecule has 0 saturated carbocycles. The summed E-state index contributed by atoms with van der Waals surface area (Å²) in [6.07, 6.45) is 5.64. The van der Waals surface area contributed by atoms with Gasteiger partial charge in [0.05, 0.1) is 12.2 Å². The van der Waals surface area contributed by atoms with Crippen LogP contribution in [-0.4, -0.2) is 90.6 Å². The van der Waals surface area contributed by atoms with Crippen LogP contribution in [0.5, 0.6) is 0 Å². The lowest BCUT2D eigenvalue weighted by Crippen LogP contribution is -2.54. The van der Waals surface area contributed by atoms with Crippen LogP contribution < -0.4 is 5.32 Å². The maximum atomic E-state index is 12.7. The number of aromatic nitrogens is 1. The number of rotatable bonds is 6. The van der Waals surface area contributed by atoms with E-state index in [1.165, 1.54) is 12.8 Å². The monoisotopic (exact) mass is 418 g/mol. The van der Waals surface area contributed by atoms with Crippen molar-refractivity contribution in [3.05, 3.63) is 17.0 Å². The van der Waals surface area contributed by atoms with Crippen molar-refractivity contribution in [1.82, 2.24) is 25.2 Å². The molecule has 8 nitrogen and oxygen atoms in total. The van der Waals surface area contributed by atoms with Crippen LogP contribution in [0.2, 0.25) is 0 Å². The third-order valence-corrected chi connectivity index (χ3v) is 6.13. The van der Waals surface area contributed by atoms with E-state index in [0.717, 1.165) is 88.1 Å². The van der Waals surface area contributed by atoms with E-state index in [2.05, 4.69) is 32.1 Å². The van der Waals surface area contributed by atoms with E-state index >= 15 is 0 Å². The number of carbonyl (C=O) groups is 1. The average molecular weight is 419 g/mol. The molecular formula is C22H38N6O2. The Kier molecular flexibility index (Phi) is 8.54. The van der Waals surface area contributed by atoms with Crippen molar-refractivity contribution in [2.75, 3.05) is 58.9 Å². The van der Waals surface area contributed by atoms with Gasteiger partial charge in [-0.25, -0.2) is 0 Å². The summed E-state index contributed by atoms with van der Waals surface area (Å²) in [6, 6.07) is 0. The minimum Gasteiger partial charge on any atom is -0.361 e. The minimum atomic E-state index is 0.297. The number of carbonyl (C=O) groups excluding carboxylic acids is 1. The zero-order valence-corrected chi connectivity index (χ0v) is 19.0. The molecule has 0 bridgehead atoms. The van der Waals surface area contributed by atoms with Gasteiger partial charge in [0.1, 0.15) is 5.76 Å². The van der Waals surface area contributed by atoms with Gasteiger partial charge < -0.3 is 19.6 Å². The van der Waals surface area contributed by atoms with Crippen LogP contribution >= 0.6 is 0 Å². The summed E-state index contributed by atoms with van der Waals surface area (Å²) < 4.78 is 5.25. The second-order valence-electron chi connectivity index (χ2n) is 8.35. The van der Waals surface area contributed by atoms with Crippen molar-refractivity contribution < 1.29 is 9.32 Å². The molecule has 168 valence electrons. The quantitative estimate of drug-likeness (QED) is 0.561. The number of nitrogens with one attached hydrogen (secondary N) is 1. The predicted octanol–water partition coefficient (Wildman–Crippen LogP) is 1.82. The molecule has 0 aliphatic carbocycles. The third kappa shape index (κ3) is 6.20. The SMILES string of the molecule is CCNC(=NCCc1c(C)noc1C)N1CCN(CC(=O)N2CCCCCC2)CC1. The fraction of sp³-hybridized carbons (Fsp3) is 0.773. The Balaban J connectivity index is 1.47. The van der Waals surface area contributed by atoms with Gasteiger partial charge in [-0.3, -0.25) is 14.7 Å². The Morgan fingerprint density at radius 2 is 1.73 bits per heavy atom. The molecule has 3 heterocycles. The molecule has 0 aromatic carbocycles. The summed E-state index contributed by atoms with van der Waals surface area (Å²) >= 11 is 0. The van der Waals surface area contributed by atoms with Crippen LogP contribution in [-0.2, 0) is 11.2 Å². The van der Waals surface area contributed by atoms with E-state index in [4.69, 9.17) is 9.52 Å². The van der Waals surface area contributed by atoms with Crippen LogP contribution in [0, 0.1) is 13.8 Å². The van der Waals surface area contributed by atoms with Gasteiger partial charge in [0.2, 0.25) is 5.91 Å². The molecule has 2 aliphatic rings. The molecule has 1 aromatic heterocycles. The first-order chi connectivity index (χ1) is 14.6. The number of nitrogens with zero attached hydrogens (tertiary/aromatic N) is 5. The molecule has 0 radical (unpaired) electrons. The standard InChI is InChI=1S/C22H38N6O2/c1-4-23-22(24-10-9-20-18(2)25-30-19(20)3)28-15-13-26(14-16-28)17-21(29)27-11-7-5-6-8-12-27/h4-17H2,1-3H3,(H,23,24). The van der Waals surface area contributed by atoms with Gasteiger partial charge >= 0.3 is 0 Å².